The third-order valence-corrected chi connectivity index (χ3v) is 6.16. The van der Waals surface area contributed by atoms with Crippen molar-refractivity contribution in [2.24, 2.45) is 5.41 Å². The molecule has 2 aliphatic rings. The SMILES string of the molecule is CCSc1nc2c(c(=O)[nH]1)C(c1cccc(OC)c1)C1=C(CC(C)(C)CC1=O)N2. The quantitative estimate of drug-likeness (QED) is 0.582. The van der Waals surface area contributed by atoms with E-state index in [1.807, 2.05) is 31.2 Å². The molecule has 0 saturated carbocycles. The number of allylic oxidation sites excluding steroid dienone is 2. The van der Waals surface area contributed by atoms with E-state index in [2.05, 4.69) is 29.1 Å². The summed E-state index contributed by atoms with van der Waals surface area (Å²) in [5.41, 5.74) is 2.55. The molecule has 6 nitrogen and oxygen atoms in total. The van der Waals surface area contributed by atoms with Crippen LogP contribution in [0.1, 0.15) is 50.7 Å². The molecule has 2 aromatic rings. The van der Waals surface area contributed by atoms with Gasteiger partial charge in [-0.3, -0.25) is 9.59 Å². The number of aromatic nitrogens is 2. The van der Waals surface area contributed by atoms with Gasteiger partial charge in [0.25, 0.3) is 5.56 Å². The number of anilines is 1. The number of fused-ring (bicyclic) bond motifs is 1. The molecule has 1 aromatic carbocycles. The maximum Gasteiger partial charge on any atom is 0.257 e. The molecule has 4 rings (SSSR count). The highest BCUT2D eigenvalue weighted by molar-refractivity contribution is 7.99. The summed E-state index contributed by atoms with van der Waals surface area (Å²) in [5, 5.41) is 3.92. The normalized spacial score (nSPS) is 20.0. The second-order valence-corrected chi connectivity index (χ2v) is 9.49. The lowest BCUT2D eigenvalue weighted by Gasteiger charge is -2.38. The molecule has 7 heteroatoms. The minimum atomic E-state index is -0.461. The fourth-order valence-electron chi connectivity index (χ4n) is 4.25. The summed E-state index contributed by atoms with van der Waals surface area (Å²) in [4.78, 5) is 33.8. The average molecular weight is 412 g/mol. The highest BCUT2D eigenvalue weighted by Gasteiger charge is 2.42. The molecule has 0 bridgehead atoms. The maximum absolute atomic E-state index is 13.2. The number of methoxy groups -OCH3 is 1. The minimum absolute atomic E-state index is 0.0774. The smallest absolute Gasteiger partial charge is 0.257 e. The number of nitrogens with zero attached hydrogens (tertiary/aromatic N) is 1. The zero-order valence-electron chi connectivity index (χ0n) is 17.1. The molecule has 0 fully saturated rings. The van der Waals surface area contributed by atoms with Crippen LogP contribution in [0.15, 0.2) is 45.5 Å². The van der Waals surface area contributed by atoms with Gasteiger partial charge in [-0.1, -0.05) is 44.7 Å². The van der Waals surface area contributed by atoms with Gasteiger partial charge in [0.15, 0.2) is 10.9 Å². The fourth-order valence-corrected chi connectivity index (χ4v) is 4.85. The lowest BCUT2D eigenvalue weighted by atomic mass is 9.69. The van der Waals surface area contributed by atoms with Crippen molar-refractivity contribution in [3.8, 4) is 5.75 Å². The predicted octanol–water partition coefficient (Wildman–Crippen LogP) is 4.09. The zero-order valence-corrected chi connectivity index (χ0v) is 17.9. The largest absolute Gasteiger partial charge is 0.497 e. The van der Waals surface area contributed by atoms with E-state index < -0.39 is 5.92 Å². The van der Waals surface area contributed by atoms with Gasteiger partial charge in [-0.15, -0.1) is 0 Å². The first-order chi connectivity index (χ1) is 13.8. The number of carbonyl (C=O) groups excluding carboxylic acids is 1. The summed E-state index contributed by atoms with van der Waals surface area (Å²) in [6.45, 7) is 6.20. The monoisotopic (exact) mass is 411 g/mol. The maximum atomic E-state index is 13.2. The van der Waals surface area contributed by atoms with Crippen LogP contribution in [0.2, 0.25) is 0 Å². The number of thioether (sulfide) groups is 1. The summed E-state index contributed by atoms with van der Waals surface area (Å²) in [5.74, 6) is 1.66. The Labute approximate surface area is 174 Å². The van der Waals surface area contributed by atoms with Crippen LogP contribution < -0.4 is 15.6 Å². The van der Waals surface area contributed by atoms with Gasteiger partial charge in [-0.05, 0) is 35.3 Å². The Balaban J connectivity index is 1.96. The summed E-state index contributed by atoms with van der Waals surface area (Å²) in [7, 11) is 1.61. The van der Waals surface area contributed by atoms with E-state index >= 15 is 0 Å². The Morgan fingerprint density at radius 1 is 1.28 bits per heavy atom. The molecule has 1 aliphatic heterocycles. The molecular weight excluding hydrogens is 386 g/mol. The predicted molar refractivity (Wildman–Crippen MR) is 115 cm³/mol. The van der Waals surface area contributed by atoms with Crippen molar-refractivity contribution < 1.29 is 9.53 Å². The first kappa shape index (κ1) is 19.8. The number of carbonyl (C=O) groups is 1. The van der Waals surface area contributed by atoms with Crippen molar-refractivity contribution in [2.75, 3.05) is 18.2 Å². The molecule has 29 heavy (non-hydrogen) atoms. The summed E-state index contributed by atoms with van der Waals surface area (Å²) < 4.78 is 5.39. The Morgan fingerprint density at radius 2 is 2.07 bits per heavy atom. The topological polar surface area (TPSA) is 84.1 Å². The molecule has 0 amide bonds. The van der Waals surface area contributed by atoms with Gasteiger partial charge < -0.3 is 15.0 Å². The van der Waals surface area contributed by atoms with E-state index in [1.54, 1.807) is 7.11 Å². The van der Waals surface area contributed by atoms with Crippen LogP contribution in [0.25, 0.3) is 0 Å². The van der Waals surface area contributed by atoms with E-state index in [4.69, 9.17) is 4.74 Å². The number of H-pyrrole nitrogens is 1. The molecule has 2 heterocycles. The minimum Gasteiger partial charge on any atom is -0.497 e. The molecule has 0 spiro atoms. The number of hydrogen-bond donors (Lipinski definition) is 2. The molecule has 1 unspecified atom stereocenters. The van der Waals surface area contributed by atoms with Crippen LogP contribution in [0.4, 0.5) is 5.82 Å². The van der Waals surface area contributed by atoms with Crippen LogP contribution >= 0.6 is 11.8 Å². The van der Waals surface area contributed by atoms with E-state index in [9.17, 15) is 9.59 Å². The Morgan fingerprint density at radius 3 is 2.79 bits per heavy atom. The number of hydrogen-bond acceptors (Lipinski definition) is 6. The standard InChI is InChI=1S/C22H25N3O3S/c1-5-29-21-24-19-18(20(27)25-21)16(12-7-6-8-13(9-12)28-4)17-14(23-19)10-22(2,3)11-15(17)26/h6-9,16H,5,10-11H2,1-4H3,(H2,23,24,25,27). The van der Waals surface area contributed by atoms with Crippen LogP contribution in [-0.4, -0.2) is 28.6 Å². The van der Waals surface area contributed by atoms with Gasteiger partial charge in [0.2, 0.25) is 0 Å². The van der Waals surface area contributed by atoms with Crippen LogP contribution in [0.3, 0.4) is 0 Å². The van der Waals surface area contributed by atoms with E-state index in [0.29, 0.717) is 34.3 Å². The lowest BCUT2D eigenvalue weighted by Crippen LogP contribution is -2.37. The van der Waals surface area contributed by atoms with E-state index in [0.717, 1.165) is 23.4 Å². The number of rotatable bonds is 4. The van der Waals surface area contributed by atoms with Gasteiger partial charge in [-0.25, -0.2) is 4.98 Å². The van der Waals surface area contributed by atoms with Gasteiger partial charge >= 0.3 is 0 Å². The fraction of sp³-hybridized carbons (Fsp3) is 0.409. The number of benzene rings is 1. The molecule has 2 N–H and O–H groups in total. The number of Topliss-reactive ketones (excluding diaryl/α,β-unsaturated/α-hetero) is 1. The Kier molecular flexibility index (Phi) is 5.02. The molecule has 1 aromatic heterocycles. The Bertz CT molecular complexity index is 1070. The van der Waals surface area contributed by atoms with Crippen molar-refractivity contribution in [3.05, 3.63) is 57.0 Å². The highest BCUT2D eigenvalue weighted by atomic mass is 32.2. The first-order valence-corrected chi connectivity index (χ1v) is 10.8. The molecule has 1 atom stereocenters. The van der Waals surface area contributed by atoms with E-state index in [-0.39, 0.29) is 16.8 Å². The molecule has 0 radical (unpaired) electrons. The van der Waals surface area contributed by atoms with Crippen molar-refractivity contribution in [1.29, 1.82) is 0 Å². The second kappa shape index (κ2) is 7.37. The van der Waals surface area contributed by atoms with Crippen molar-refractivity contribution in [2.45, 2.75) is 44.7 Å². The highest BCUT2D eigenvalue weighted by Crippen LogP contribution is 2.47. The van der Waals surface area contributed by atoms with Crippen molar-refractivity contribution >= 4 is 23.4 Å². The second-order valence-electron chi connectivity index (χ2n) is 8.23. The number of ether oxygens (including phenoxy) is 1. The number of ketones is 1. The lowest BCUT2D eigenvalue weighted by molar-refractivity contribution is -0.118. The van der Waals surface area contributed by atoms with Crippen LogP contribution in [0.5, 0.6) is 5.75 Å². The van der Waals surface area contributed by atoms with Crippen molar-refractivity contribution in [1.82, 2.24) is 9.97 Å². The first-order valence-electron chi connectivity index (χ1n) is 9.77. The number of nitrogens with one attached hydrogen (secondary N) is 2. The summed E-state index contributed by atoms with van der Waals surface area (Å²) in [6.07, 6.45) is 1.19. The molecule has 152 valence electrons. The third kappa shape index (κ3) is 3.59. The van der Waals surface area contributed by atoms with Gasteiger partial charge in [0.1, 0.15) is 11.6 Å². The molecular formula is C22H25N3O3S. The average Bonchev–Trinajstić information content (AvgIpc) is 2.65. The van der Waals surface area contributed by atoms with Crippen LogP contribution in [0, 0.1) is 5.41 Å². The molecule has 1 aliphatic carbocycles. The van der Waals surface area contributed by atoms with Gasteiger partial charge in [0.05, 0.1) is 12.7 Å². The zero-order chi connectivity index (χ0) is 20.8. The van der Waals surface area contributed by atoms with E-state index in [1.165, 1.54) is 11.8 Å². The number of aromatic amines is 1. The Hall–Kier alpha value is -2.54. The summed E-state index contributed by atoms with van der Waals surface area (Å²) >= 11 is 1.49. The summed E-state index contributed by atoms with van der Waals surface area (Å²) in [6, 6.07) is 7.58. The molecule has 0 saturated heterocycles. The third-order valence-electron chi connectivity index (χ3n) is 5.41. The van der Waals surface area contributed by atoms with Crippen molar-refractivity contribution in [3.63, 3.8) is 0 Å². The van der Waals surface area contributed by atoms with Gasteiger partial charge in [-0.2, -0.15) is 0 Å². The van der Waals surface area contributed by atoms with Gasteiger partial charge in [0, 0.05) is 23.6 Å². The van der Waals surface area contributed by atoms with Crippen LogP contribution in [-0.2, 0) is 4.79 Å².